The van der Waals surface area contributed by atoms with Gasteiger partial charge in [-0.3, -0.25) is 9.59 Å². The van der Waals surface area contributed by atoms with E-state index in [4.69, 9.17) is 0 Å². The van der Waals surface area contributed by atoms with Crippen molar-refractivity contribution < 1.29 is 9.59 Å². The second-order valence-electron chi connectivity index (χ2n) is 3.66. The topological polar surface area (TPSA) is 34.1 Å². The lowest BCUT2D eigenvalue weighted by Crippen LogP contribution is -2.19. The molecule has 0 saturated carbocycles. The molecule has 1 aliphatic carbocycles. The van der Waals surface area contributed by atoms with Crippen LogP contribution in [0, 0.1) is 0 Å². The van der Waals surface area contributed by atoms with Crippen LogP contribution in [0.15, 0.2) is 24.3 Å². The molecule has 1 aromatic rings. The highest BCUT2D eigenvalue weighted by Crippen LogP contribution is 2.31. The minimum atomic E-state index is -0.280. The molecule has 0 heterocycles. The number of carbonyl (C=O) groups excluding carboxylic acids is 2. The van der Waals surface area contributed by atoms with E-state index in [0.29, 0.717) is 6.29 Å². The summed E-state index contributed by atoms with van der Waals surface area (Å²) in [5.74, 6) is -0.463. The molecular formula is C12H12O2. The summed E-state index contributed by atoms with van der Waals surface area (Å²) in [5, 5.41) is 0. The van der Waals surface area contributed by atoms with Crippen LogP contribution >= 0.6 is 0 Å². The zero-order valence-electron chi connectivity index (χ0n) is 7.90. The van der Waals surface area contributed by atoms with Crippen molar-refractivity contribution in [2.75, 3.05) is 0 Å². The summed E-state index contributed by atoms with van der Waals surface area (Å²) in [5.41, 5.74) is 2.27. The quantitative estimate of drug-likeness (QED) is 0.524. The van der Waals surface area contributed by atoms with Crippen LogP contribution in [0.5, 0.6) is 0 Å². The number of hydrogen-bond acceptors (Lipinski definition) is 2. The first-order valence-corrected chi connectivity index (χ1v) is 4.90. The first-order chi connectivity index (χ1) is 6.83. The van der Waals surface area contributed by atoms with Crippen molar-refractivity contribution in [3.8, 4) is 0 Å². The fourth-order valence-electron chi connectivity index (χ4n) is 2.13. The summed E-state index contributed by atoms with van der Waals surface area (Å²) in [4.78, 5) is 21.8. The maximum absolute atomic E-state index is 11.4. The summed E-state index contributed by atoms with van der Waals surface area (Å²) in [6, 6.07) is 7.90. The summed E-state index contributed by atoms with van der Waals surface area (Å²) in [6.45, 7) is 0. The molecule has 72 valence electrons. The number of aryl methyl sites for hydroxylation is 1. The predicted octanol–water partition coefficient (Wildman–Crippen LogP) is 1.87. The van der Waals surface area contributed by atoms with Crippen molar-refractivity contribution in [2.45, 2.75) is 25.2 Å². The van der Waals surface area contributed by atoms with Crippen LogP contribution in [-0.2, 0) is 16.0 Å². The van der Waals surface area contributed by atoms with Gasteiger partial charge < -0.3 is 0 Å². The van der Waals surface area contributed by atoms with Crippen molar-refractivity contribution in [3.05, 3.63) is 35.4 Å². The lowest BCUT2D eigenvalue weighted by atomic mass is 9.81. The van der Waals surface area contributed by atoms with E-state index in [-0.39, 0.29) is 11.7 Å². The van der Waals surface area contributed by atoms with Crippen molar-refractivity contribution in [1.82, 2.24) is 0 Å². The van der Waals surface area contributed by atoms with Gasteiger partial charge >= 0.3 is 0 Å². The van der Waals surface area contributed by atoms with Gasteiger partial charge in [-0.2, -0.15) is 0 Å². The van der Waals surface area contributed by atoms with Crippen LogP contribution in [0.2, 0.25) is 0 Å². The normalized spacial score (nSPS) is 19.9. The molecule has 2 rings (SSSR count). The SMILES string of the molecule is O=CC(=O)C1CCCc2ccccc21. The molecule has 2 heteroatoms. The minimum Gasteiger partial charge on any atom is -0.295 e. The second-order valence-corrected chi connectivity index (χ2v) is 3.66. The third kappa shape index (κ3) is 1.48. The van der Waals surface area contributed by atoms with Crippen molar-refractivity contribution in [2.24, 2.45) is 0 Å². The largest absolute Gasteiger partial charge is 0.295 e. The summed E-state index contributed by atoms with van der Waals surface area (Å²) >= 11 is 0. The van der Waals surface area contributed by atoms with E-state index in [1.165, 1.54) is 5.56 Å². The van der Waals surface area contributed by atoms with Gasteiger partial charge in [-0.1, -0.05) is 24.3 Å². The third-order valence-corrected chi connectivity index (χ3v) is 2.83. The molecule has 0 aromatic heterocycles. The summed E-state index contributed by atoms with van der Waals surface area (Å²) in [7, 11) is 0. The average molecular weight is 188 g/mol. The Morgan fingerprint density at radius 2 is 2.14 bits per heavy atom. The standard InChI is InChI=1S/C12H12O2/c13-8-12(14)11-7-3-5-9-4-1-2-6-10(9)11/h1-2,4,6,8,11H,3,5,7H2. The van der Waals surface area contributed by atoms with E-state index in [2.05, 4.69) is 0 Å². The smallest absolute Gasteiger partial charge is 0.202 e. The van der Waals surface area contributed by atoms with Gasteiger partial charge in [0.05, 0.1) is 5.92 Å². The van der Waals surface area contributed by atoms with Gasteiger partial charge in [-0.05, 0) is 30.4 Å². The molecule has 0 amide bonds. The number of hydrogen-bond donors (Lipinski definition) is 0. The van der Waals surface area contributed by atoms with Crippen LogP contribution in [0.1, 0.15) is 29.9 Å². The summed E-state index contributed by atoms with van der Waals surface area (Å²) in [6.07, 6.45) is 3.29. The molecule has 0 aliphatic heterocycles. The molecule has 1 atom stereocenters. The molecule has 2 nitrogen and oxygen atoms in total. The van der Waals surface area contributed by atoms with E-state index in [0.717, 1.165) is 24.8 Å². The molecule has 0 saturated heterocycles. The molecule has 1 aliphatic rings. The highest BCUT2D eigenvalue weighted by atomic mass is 16.2. The molecule has 1 unspecified atom stereocenters. The number of Topliss-reactive ketones (excluding diaryl/α,β-unsaturated/α-hetero) is 1. The Hall–Kier alpha value is -1.44. The Morgan fingerprint density at radius 1 is 1.36 bits per heavy atom. The van der Waals surface area contributed by atoms with Gasteiger partial charge in [0, 0.05) is 0 Å². The molecular weight excluding hydrogens is 176 g/mol. The number of aldehydes is 1. The number of ketones is 1. The van der Waals surface area contributed by atoms with Gasteiger partial charge in [0.1, 0.15) is 0 Å². The highest BCUT2D eigenvalue weighted by molar-refractivity contribution is 6.27. The van der Waals surface area contributed by atoms with Gasteiger partial charge in [0.2, 0.25) is 5.78 Å². The van der Waals surface area contributed by atoms with E-state index >= 15 is 0 Å². The Morgan fingerprint density at radius 3 is 2.93 bits per heavy atom. The first kappa shape index (κ1) is 9.13. The fourth-order valence-corrected chi connectivity index (χ4v) is 2.13. The number of rotatable bonds is 2. The fraction of sp³-hybridized carbons (Fsp3) is 0.333. The maximum Gasteiger partial charge on any atom is 0.202 e. The van der Waals surface area contributed by atoms with Crippen molar-refractivity contribution >= 4 is 12.1 Å². The van der Waals surface area contributed by atoms with Crippen molar-refractivity contribution in [3.63, 3.8) is 0 Å². The summed E-state index contributed by atoms with van der Waals surface area (Å²) < 4.78 is 0. The third-order valence-electron chi connectivity index (χ3n) is 2.83. The van der Waals surface area contributed by atoms with E-state index in [1.807, 2.05) is 24.3 Å². The molecule has 14 heavy (non-hydrogen) atoms. The van der Waals surface area contributed by atoms with Crippen molar-refractivity contribution in [1.29, 1.82) is 0 Å². The Bertz CT molecular complexity index is 368. The lowest BCUT2D eigenvalue weighted by molar-refractivity contribution is -0.131. The van der Waals surface area contributed by atoms with Gasteiger partial charge in [0.15, 0.2) is 6.29 Å². The van der Waals surface area contributed by atoms with Crippen LogP contribution in [0.4, 0.5) is 0 Å². The lowest BCUT2D eigenvalue weighted by Gasteiger charge is -2.22. The number of carbonyl (C=O) groups is 2. The number of benzene rings is 1. The highest BCUT2D eigenvalue weighted by Gasteiger charge is 2.25. The Kier molecular flexibility index (Phi) is 2.44. The zero-order chi connectivity index (χ0) is 9.97. The Labute approximate surface area is 82.9 Å². The Balaban J connectivity index is 2.40. The van der Waals surface area contributed by atoms with E-state index < -0.39 is 0 Å². The zero-order valence-corrected chi connectivity index (χ0v) is 7.90. The predicted molar refractivity (Wildman–Crippen MR) is 53.2 cm³/mol. The maximum atomic E-state index is 11.4. The van der Waals surface area contributed by atoms with Gasteiger partial charge in [-0.25, -0.2) is 0 Å². The molecule has 0 spiro atoms. The molecule has 0 bridgehead atoms. The van der Waals surface area contributed by atoms with Crippen LogP contribution in [0.3, 0.4) is 0 Å². The minimum absolute atomic E-state index is 0.183. The first-order valence-electron chi connectivity index (χ1n) is 4.90. The molecule has 1 aromatic carbocycles. The van der Waals surface area contributed by atoms with Gasteiger partial charge in [0.25, 0.3) is 0 Å². The molecule has 0 fully saturated rings. The van der Waals surface area contributed by atoms with E-state index in [1.54, 1.807) is 0 Å². The second kappa shape index (κ2) is 3.74. The van der Waals surface area contributed by atoms with Crippen LogP contribution < -0.4 is 0 Å². The molecule has 0 N–H and O–H groups in total. The van der Waals surface area contributed by atoms with Crippen LogP contribution in [-0.4, -0.2) is 12.1 Å². The van der Waals surface area contributed by atoms with E-state index in [9.17, 15) is 9.59 Å². The average Bonchev–Trinajstić information content (AvgIpc) is 2.27. The monoisotopic (exact) mass is 188 g/mol. The number of fused-ring (bicyclic) bond motifs is 1. The molecule has 0 radical (unpaired) electrons. The van der Waals surface area contributed by atoms with Gasteiger partial charge in [-0.15, -0.1) is 0 Å². The van der Waals surface area contributed by atoms with Crippen LogP contribution in [0.25, 0.3) is 0 Å².